The van der Waals surface area contributed by atoms with E-state index in [1.165, 1.54) is 72.8 Å². The molecule has 0 radical (unpaired) electrons. The fraction of sp³-hybridized carbons (Fsp3) is 0.0769. The minimum Gasteiger partial charge on any atom is -0.379 e. The Bertz CT molecular complexity index is 1620. The van der Waals surface area contributed by atoms with Crippen LogP contribution < -0.4 is 0 Å². The number of rotatable bonds is 7. The van der Waals surface area contributed by atoms with E-state index in [0.29, 0.717) is 0 Å². The smallest absolute Gasteiger partial charge is 0.339 e. The Morgan fingerprint density at radius 1 is 0.500 bits per heavy atom. The molecule has 3 aromatic carbocycles. The molecule has 1 aliphatic rings. The molecule has 0 amide bonds. The highest BCUT2D eigenvalue weighted by molar-refractivity contribution is 7.92. The zero-order chi connectivity index (χ0) is 25.8. The number of benzene rings is 3. The molecule has 10 heteroatoms. The molecular weight excluding hydrogens is 520 g/mol. The Kier molecular flexibility index (Phi) is 7.30. The van der Waals surface area contributed by atoms with E-state index in [2.05, 4.69) is 0 Å². The Morgan fingerprint density at radius 2 is 0.917 bits per heavy atom. The van der Waals surface area contributed by atoms with Crippen molar-refractivity contribution < 1.29 is 29.4 Å². The Labute approximate surface area is 211 Å². The molecule has 36 heavy (non-hydrogen) atoms. The molecule has 0 spiro atoms. The normalized spacial score (nSPS) is 18.6. The highest BCUT2D eigenvalue weighted by Gasteiger charge is 2.30. The summed E-state index contributed by atoms with van der Waals surface area (Å²) in [5, 5.41) is -2.65. The summed E-state index contributed by atoms with van der Waals surface area (Å²) in [7, 11) is -12.3. The maximum absolute atomic E-state index is 13.4. The molecule has 2 unspecified atom stereocenters. The number of hydrogen-bond donors (Lipinski definition) is 0. The lowest BCUT2D eigenvalue weighted by Gasteiger charge is -2.17. The lowest BCUT2D eigenvalue weighted by molar-refractivity contribution is 0.418. The van der Waals surface area contributed by atoms with E-state index in [4.69, 9.17) is 4.18 Å². The molecule has 2 atom stereocenters. The zero-order valence-corrected chi connectivity index (χ0v) is 21.2. The van der Waals surface area contributed by atoms with E-state index >= 15 is 0 Å². The summed E-state index contributed by atoms with van der Waals surface area (Å²) in [6.45, 7) is 0. The van der Waals surface area contributed by atoms with Crippen molar-refractivity contribution in [3.63, 3.8) is 0 Å². The Morgan fingerprint density at radius 3 is 1.42 bits per heavy atom. The first-order valence-corrected chi connectivity index (χ1v) is 15.3. The highest BCUT2D eigenvalue weighted by atomic mass is 32.2. The zero-order valence-electron chi connectivity index (χ0n) is 18.8. The van der Waals surface area contributed by atoms with Crippen LogP contribution in [0, 0.1) is 0 Å². The fourth-order valence-corrected chi connectivity index (χ4v) is 7.34. The van der Waals surface area contributed by atoms with Gasteiger partial charge in [0.2, 0.25) is 0 Å². The van der Waals surface area contributed by atoms with E-state index in [0.717, 1.165) is 6.08 Å². The van der Waals surface area contributed by atoms with Crippen LogP contribution in [0.5, 0.6) is 0 Å². The summed E-state index contributed by atoms with van der Waals surface area (Å²) in [5.41, 5.74) is 0. The van der Waals surface area contributed by atoms with Gasteiger partial charge in [-0.3, -0.25) is 0 Å². The molecule has 0 N–H and O–H groups in total. The lowest BCUT2D eigenvalue weighted by Crippen LogP contribution is -2.23. The van der Waals surface area contributed by atoms with Gasteiger partial charge in [-0.2, -0.15) is 8.42 Å². The summed E-state index contributed by atoms with van der Waals surface area (Å²) >= 11 is 0. The maximum atomic E-state index is 13.4. The number of sulfone groups is 2. The predicted molar refractivity (Wildman–Crippen MR) is 136 cm³/mol. The quantitative estimate of drug-likeness (QED) is 0.327. The first kappa shape index (κ1) is 25.6. The van der Waals surface area contributed by atoms with Crippen molar-refractivity contribution in [1.29, 1.82) is 0 Å². The van der Waals surface area contributed by atoms with E-state index in [9.17, 15) is 25.3 Å². The largest absolute Gasteiger partial charge is 0.379 e. The second-order valence-corrected chi connectivity index (χ2v) is 13.6. The van der Waals surface area contributed by atoms with Gasteiger partial charge in [-0.25, -0.2) is 16.8 Å². The van der Waals surface area contributed by atoms with Gasteiger partial charge in [-0.1, -0.05) is 72.8 Å². The van der Waals surface area contributed by atoms with Crippen LogP contribution >= 0.6 is 0 Å². The van der Waals surface area contributed by atoms with Gasteiger partial charge in [0.05, 0.1) is 9.79 Å². The standard InChI is InChI=1S/C26H22O7S3/c27-34(28,22-10-4-1-5-11-22)24-17-16-21(33-36(31,32)25-14-8-3-9-15-25)20-26(19-18-24)35(29,30)23-12-6-2-7-13-23/h1-20,24,26H. The van der Waals surface area contributed by atoms with E-state index < -0.39 is 40.3 Å². The van der Waals surface area contributed by atoms with Crippen LogP contribution in [-0.2, 0) is 34.0 Å². The van der Waals surface area contributed by atoms with Crippen LogP contribution in [0.3, 0.4) is 0 Å². The third-order valence-electron chi connectivity index (χ3n) is 5.37. The average Bonchev–Trinajstić information content (AvgIpc) is 2.87. The van der Waals surface area contributed by atoms with Crippen molar-refractivity contribution >= 4 is 29.8 Å². The molecule has 0 fully saturated rings. The van der Waals surface area contributed by atoms with Crippen LogP contribution in [0.25, 0.3) is 0 Å². The van der Waals surface area contributed by atoms with Crippen molar-refractivity contribution in [2.24, 2.45) is 0 Å². The second-order valence-electron chi connectivity index (χ2n) is 7.81. The molecule has 1 aliphatic carbocycles. The van der Waals surface area contributed by atoms with Crippen molar-refractivity contribution in [2.75, 3.05) is 0 Å². The second kappa shape index (κ2) is 10.3. The van der Waals surface area contributed by atoms with E-state index in [1.807, 2.05) is 0 Å². The number of allylic oxidation sites excluding steroid dienone is 1. The van der Waals surface area contributed by atoms with Crippen LogP contribution in [-0.4, -0.2) is 35.8 Å². The van der Waals surface area contributed by atoms with Crippen molar-refractivity contribution in [2.45, 2.75) is 25.2 Å². The molecule has 0 aromatic heterocycles. The summed E-state index contributed by atoms with van der Waals surface area (Å²) in [6.07, 6.45) is 6.08. The molecule has 0 bridgehead atoms. The topological polar surface area (TPSA) is 112 Å². The van der Waals surface area contributed by atoms with Crippen LogP contribution in [0.2, 0.25) is 0 Å². The van der Waals surface area contributed by atoms with E-state index in [-0.39, 0.29) is 20.4 Å². The Hall–Kier alpha value is -3.47. The minimum absolute atomic E-state index is 0.00631. The summed E-state index contributed by atoms with van der Waals surface area (Å²) in [4.78, 5) is -0.100. The molecule has 0 saturated heterocycles. The predicted octanol–water partition coefficient (Wildman–Crippen LogP) is 4.09. The van der Waals surface area contributed by atoms with E-state index in [1.54, 1.807) is 42.5 Å². The summed E-state index contributed by atoms with van der Waals surface area (Å²) in [6, 6.07) is 22.6. The molecule has 0 heterocycles. The van der Waals surface area contributed by atoms with Gasteiger partial charge in [0.25, 0.3) is 0 Å². The summed E-state index contributed by atoms with van der Waals surface area (Å²) < 4.78 is 84.3. The van der Waals surface area contributed by atoms with Crippen LogP contribution in [0.15, 0.2) is 142 Å². The molecule has 4 rings (SSSR count). The van der Waals surface area contributed by atoms with Crippen LogP contribution in [0.1, 0.15) is 0 Å². The first-order valence-electron chi connectivity index (χ1n) is 10.8. The third kappa shape index (κ3) is 5.51. The van der Waals surface area contributed by atoms with Gasteiger partial charge in [0.1, 0.15) is 21.2 Å². The van der Waals surface area contributed by atoms with Gasteiger partial charge in [0.15, 0.2) is 19.7 Å². The molecule has 0 aliphatic heterocycles. The van der Waals surface area contributed by atoms with Gasteiger partial charge in [0, 0.05) is 0 Å². The number of hydrogen-bond acceptors (Lipinski definition) is 7. The monoisotopic (exact) mass is 542 g/mol. The SMILES string of the molecule is O=S(=O)(OC1=CC(S(=O)(=O)c2ccccc2)C=CC(S(=O)(=O)c2ccccc2)C=C1)c1ccccc1. The lowest BCUT2D eigenvalue weighted by atomic mass is 10.2. The highest BCUT2D eigenvalue weighted by Crippen LogP contribution is 2.26. The van der Waals surface area contributed by atoms with Gasteiger partial charge in [-0.05, 0) is 48.6 Å². The minimum atomic E-state index is -4.31. The first-order chi connectivity index (χ1) is 17.1. The Balaban J connectivity index is 1.81. The average molecular weight is 543 g/mol. The van der Waals surface area contributed by atoms with Gasteiger partial charge >= 0.3 is 10.1 Å². The molecule has 186 valence electrons. The van der Waals surface area contributed by atoms with Gasteiger partial charge in [-0.15, -0.1) is 0 Å². The molecular formula is C26H22O7S3. The summed E-state index contributed by atoms with van der Waals surface area (Å²) in [5.74, 6) is -0.319. The van der Waals surface area contributed by atoms with Crippen molar-refractivity contribution in [3.8, 4) is 0 Å². The van der Waals surface area contributed by atoms with Crippen molar-refractivity contribution in [1.82, 2.24) is 0 Å². The molecule has 7 nitrogen and oxygen atoms in total. The van der Waals surface area contributed by atoms with Crippen LogP contribution in [0.4, 0.5) is 0 Å². The third-order valence-corrected chi connectivity index (χ3v) is 10.5. The van der Waals surface area contributed by atoms with Crippen molar-refractivity contribution in [3.05, 3.63) is 127 Å². The van der Waals surface area contributed by atoms with Gasteiger partial charge < -0.3 is 4.18 Å². The molecule has 3 aromatic rings. The maximum Gasteiger partial charge on any atom is 0.339 e. The molecule has 0 saturated carbocycles. The fourth-order valence-electron chi connectivity index (χ4n) is 3.50.